The van der Waals surface area contributed by atoms with Crippen molar-refractivity contribution in [2.75, 3.05) is 13.6 Å². The Morgan fingerprint density at radius 2 is 1.96 bits per heavy atom. The van der Waals surface area contributed by atoms with Gasteiger partial charge in [0.1, 0.15) is 0 Å². The molecule has 0 saturated carbocycles. The number of hydrogen-bond acceptors (Lipinski definition) is 3. The molecule has 1 aliphatic heterocycles. The lowest BCUT2D eigenvalue weighted by Gasteiger charge is -2.34. The van der Waals surface area contributed by atoms with E-state index in [0.29, 0.717) is 12.1 Å². The number of carbonyl (C=O) groups excluding carboxylic acids is 3. The van der Waals surface area contributed by atoms with E-state index in [-0.39, 0.29) is 30.2 Å². The van der Waals surface area contributed by atoms with Gasteiger partial charge in [-0.2, -0.15) is 0 Å². The largest absolute Gasteiger partial charge is 0.370 e. The summed E-state index contributed by atoms with van der Waals surface area (Å²) in [5.41, 5.74) is 6.67. The van der Waals surface area contributed by atoms with Crippen LogP contribution in [0.1, 0.15) is 41.6 Å². The zero-order valence-corrected chi connectivity index (χ0v) is 13.8. The SMILES string of the molecule is CNC(=O)c1ccc(C=CC(=O)N2CCCCC2CC(N)=O)cc1. The Bertz CT molecular complexity index is 637. The van der Waals surface area contributed by atoms with Gasteiger partial charge < -0.3 is 16.0 Å². The second-order valence-electron chi connectivity index (χ2n) is 5.89. The van der Waals surface area contributed by atoms with Crippen LogP contribution in [0.5, 0.6) is 0 Å². The fourth-order valence-electron chi connectivity index (χ4n) is 2.89. The summed E-state index contributed by atoms with van der Waals surface area (Å²) < 4.78 is 0. The maximum absolute atomic E-state index is 12.4. The fraction of sp³-hybridized carbons (Fsp3) is 0.389. The number of benzene rings is 1. The maximum atomic E-state index is 12.4. The highest BCUT2D eigenvalue weighted by Gasteiger charge is 2.26. The predicted molar refractivity (Wildman–Crippen MR) is 92.0 cm³/mol. The third-order valence-corrected chi connectivity index (χ3v) is 4.17. The normalized spacial score (nSPS) is 17.7. The van der Waals surface area contributed by atoms with Crippen LogP contribution in [0.3, 0.4) is 0 Å². The van der Waals surface area contributed by atoms with Crippen molar-refractivity contribution < 1.29 is 14.4 Å². The van der Waals surface area contributed by atoms with Gasteiger partial charge in [0, 0.05) is 37.7 Å². The van der Waals surface area contributed by atoms with Crippen molar-refractivity contribution in [1.29, 1.82) is 0 Å². The van der Waals surface area contributed by atoms with Crippen molar-refractivity contribution in [2.45, 2.75) is 31.7 Å². The molecule has 1 saturated heterocycles. The lowest BCUT2D eigenvalue weighted by molar-refractivity contribution is -0.130. The summed E-state index contributed by atoms with van der Waals surface area (Å²) in [5, 5.41) is 2.56. The van der Waals surface area contributed by atoms with E-state index < -0.39 is 0 Å². The summed E-state index contributed by atoms with van der Waals surface area (Å²) in [6, 6.07) is 6.88. The quantitative estimate of drug-likeness (QED) is 0.798. The molecule has 3 amide bonds. The molecule has 1 fully saturated rings. The third kappa shape index (κ3) is 4.68. The highest BCUT2D eigenvalue weighted by atomic mass is 16.2. The van der Waals surface area contributed by atoms with Gasteiger partial charge in [-0.15, -0.1) is 0 Å². The molecule has 1 aliphatic rings. The van der Waals surface area contributed by atoms with Crippen molar-refractivity contribution in [1.82, 2.24) is 10.2 Å². The van der Waals surface area contributed by atoms with Gasteiger partial charge in [-0.05, 0) is 43.0 Å². The molecule has 3 N–H and O–H groups in total. The zero-order valence-electron chi connectivity index (χ0n) is 13.8. The van der Waals surface area contributed by atoms with Gasteiger partial charge in [-0.25, -0.2) is 0 Å². The Hall–Kier alpha value is -2.63. The molecule has 0 aliphatic carbocycles. The lowest BCUT2D eigenvalue weighted by Crippen LogP contribution is -2.44. The van der Waals surface area contributed by atoms with Crippen LogP contribution in [-0.2, 0) is 9.59 Å². The molecule has 1 aromatic carbocycles. The molecule has 0 bridgehead atoms. The van der Waals surface area contributed by atoms with Crippen LogP contribution in [0, 0.1) is 0 Å². The minimum Gasteiger partial charge on any atom is -0.370 e. The van der Waals surface area contributed by atoms with E-state index in [9.17, 15) is 14.4 Å². The van der Waals surface area contributed by atoms with Crippen LogP contribution < -0.4 is 11.1 Å². The lowest BCUT2D eigenvalue weighted by atomic mass is 9.99. The van der Waals surface area contributed by atoms with Crippen molar-refractivity contribution >= 4 is 23.8 Å². The molecule has 6 heteroatoms. The van der Waals surface area contributed by atoms with Crippen LogP contribution in [0.15, 0.2) is 30.3 Å². The topological polar surface area (TPSA) is 92.5 Å². The number of nitrogens with zero attached hydrogens (tertiary/aromatic N) is 1. The van der Waals surface area contributed by atoms with Gasteiger partial charge in [0.25, 0.3) is 5.91 Å². The molecular weight excluding hydrogens is 306 g/mol. The monoisotopic (exact) mass is 329 g/mol. The van der Waals surface area contributed by atoms with E-state index in [1.54, 1.807) is 42.3 Å². The molecule has 6 nitrogen and oxygen atoms in total. The average Bonchev–Trinajstić information content (AvgIpc) is 2.59. The van der Waals surface area contributed by atoms with Crippen LogP contribution in [0.4, 0.5) is 0 Å². The van der Waals surface area contributed by atoms with Crippen molar-refractivity contribution in [2.24, 2.45) is 5.73 Å². The predicted octanol–water partition coefficient (Wildman–Crippen LogP) is 1.32. The number of nitrogens with two attached hydrogens (primary N) is 1. The first kappa shape index (κ1) is 17.7. The van der Waals surface area contributed by atoms with Crippen LogP contribution >= 0.6 is 0 Å². The highest BCUT2D eigenvalue weighted by Crippen LogP contribution is 2.20. The Balaban J connectivity index is 2.02. The number of rotatable bonds is 5. The molecule has 1 aromatic rings. The number of primary amides is 1. The second-order valence-corrected chi connectivity index (χ2v) is 5.89. The minimum absolute atomic E-state index is 0.107. The summed E-state index contributed by atoms with van der Waals surface area (Å²) in [5.74, 6) is -0.644. The number of carbonyl (C=O) groups is 3. The number of likely N-dealkylation sites (tertiary alicyclic amines) is 1. The number of nitrogens with one attached hydrogen (secondary N) is 1. The van der Waals surface area contributed by atoms with E-state index in [1.165, 1.54) is 6.08 Å². The van der Waals surface area contributed by atoms with Gasteiger partial charge in [0.2, 0.25) is 11.8 Å². The first-order chi connectivity index (χ1) is 11.5. The van der Waals surface area contributed by atoms with E-state index in [2.05, 4.69) is 5.32 Å². The molecular formula is C18H23N3O3. The number of hydrogen-bond donors (Lipinski definition) is 2. The van der Waals surface area contributed by atoms with Crippen molar-refractivity contribution in [3.8, 4) is 0 Å². The summed E-state index contributed by atoms with van der Waals surface area (Å²) in [6.45, 7) is 0.650. The van der Waals surface area contributed by atoms with Crippen LogP contribution in [0.2, 0.25) is 0 Å². The Morgan fingerprint density at radius 1 is 1.25 bits per heavy atom. The van der Waals surface area contributed by atoms with Crippen LogP contribution in [-0.4, -0.2) is 42.3 Å². The Kier molecular flexibility index (Phi) is 6.12. The summed E-state index contributed by atoms with van der Waals surface area (Å²) in [4.78, 5) is 36.8. The number of amides is 3. The summed E-state index contributed by atoms with van der Waals surface area (Å²) in [7, 11) is 1.58. The first-order valence-corrected chi connectivity index (χ1v) is 8.10. The molecule has 0 radical (unpaired) electrons. The van der Waals surface area contributed by atoms with E-state index >= 15 is 0 Å². The first-order valence-electron chi connectivity index (χ1n) is 8.10. The van der Waals surface area contributed by atoms with E-state index in [1.807, 2.05) is 0 Å². The Morgan fingerprint density at radius 3 is 2.58 bits per heavy atom. The average molecular weight is 329 g/mol. The van der Waals surface area contributed by atoms with Gasteiger partial charge in [0.05, 0.1) is 0 Å². The molecule has 128 valence electrons. The molecule has 1 heterocycles. The summed E-state index contributed by atoms with van der Waals surface area (Å²) in [6.07, 6.45) is 6.19. The van der Waals surface area contributed by atoms with Gasteiger partial charge in [-0.3, -0.25) is 14.4 Å². The van der Waals surface area contributed by atoms with Gasteiger partial charge >= 0.3 is 0 Å². The smallest absolute Gasteiger partial charge is 0.251 e. The molecule has 2 rings (SSSR count). The maximum Gasteiger partial charge on any atom is 0.251 e. The fourth-order valence-corrected chi connectivity index (χ4v) is 2.89. The third-order valence-electron chi connectivity index (χ3n) is 4.17. The minimum atomic E-state index is -0.381. The molecule has 1 atom stereocenters. The second kappa shape index (κ2) is 8.29. The van der Waals surface area contributed by atoms with Crippen molar-refractivity contribution in [3.63, 3.8) is 0 Å². The Labute approximate surface area is 141 Å². The highest BCUT2D eigenvalue weighted by molar-refractivity contribution is 5.95. The molecule has 1 unspecified atom stereocenters. The molecule has 24 heavy (non-hydrogen) atoms. The van der Waals surface area contributed by atoms with Crippen molar-refractivity contribution in [3.05, 3.63) is 41.5 Å². The van der Waals surface area contributed by atoms with Crippen LogP contribution in [0.25, 0.3) is 6.08 Å². The van der Waals surface area contributed by atoms with E-state index in [4.69, 9.17) is 5.73 Å². The van der Waals surface area contributed by atoms with Gasteiger partial charge in [-0.1, -0.05) is 12.1 Å². The standard InChI is InChI=1S/C18H23N3O3/c1-20-18(24)14-8-5-13(6-9-14)7-10-17(23)21-11-3-2-4-15(21)12-16(19)22/h5-10,15H,2-4,11-12H2,1H3,(H2,19,22)(H,20,24). The number of piperidine rings is 1. The molecule has 0 spiro atoms. The zero-order chi connectivity index (χ0) is 17.5. The van der Waals surface area contributed by atoms with Gasteiger partial charge in [0.15, 0.2) is 0 Å². The summed E-state index contributed by atoms with van der Waals surface area (Å²) >= 11 is 0. The van der Waals surface area contributed by atoms with E-state index in [0.717, 1.165) is 24.8 Å². The molecule has 0 aromatic heterocycles.